The molecule has 4 amide bonds. The van der Waals surface area contributed by atoms with E-state index in [2.05, 4.69) is 20.9 Å². The number of hydrogen-bond donors (Lipinski definition) is 4. The van der Waals surface area contributed by atoms with E-state index in [1.165, 1.54) is 0 Å². The van der Waals surface area contributed by atoms with Crippen molar-refractivity contribution in [3.8, 4) is 5.75 Å². The molecule has 3 rings (SSSR count). The average molecular weight is 377 g/mol. The van der Waals surface area contributed by atoms with Gasteiger partial charge in [0.15, 0.2) is 11.6 Å². The zero-order valence-electron chi connectivity index (χ0n) is 14.9. The average Bonchev–Trinajstić information content (AvgIpc) is 2.69. The van der Waals surface area contributed by atoms with Gasteiger partial charge in [-0.3, -0.25) is 5.32 Å². The van der Waals surface area contributed by atoms with Crippen LogP contribution in [0.1, 0.15) is 5.56 Å². The zero-order valence-corrected chi connectivity index (χ0v) is 14.9. The summed E-state index contributed by atoms with van der Waals surface area (Å²) in [6.45, 7) is 0.358. The Bertz CT molecular complexity index is 946. The van der Waals surface area contributed by atoms with Crippen molar-refractivity contribution < 1.29 is 14.3 Å². The van der Waals surface area contributed by atoms with Crippen LogP contribution in [-0.4, -0.2) is 17.0 Å². The Labute approximate surface area is 161 Å². The lowest BCUT2D eigenvalue weighted by Gasteiger charge is -2.12. The Morgan fingerprint density at radius 3 is 2.21 bits per heavy atom. The van der Waals surface area contributed by atoms with Gasteiger partial charge in [0.25, 0.3) is 0 Å². The minimum atomic E-state index is -0.656. The van der Waals surface area contributed by atoms with Crippen molar-refractivity contribution in [1.29, 1.82) is 0 Å². The number of aromatic nitrogens is 1. The van der Waals surface area contributed by atoms with Gasteiger partial charge in [0, 0.05) is 17.6 Å². The van der Waals surface area contributed by atoms with Crippen molar-refractivity contribution >= 4 is 29.3 Å². The molecule has 142 valence electrons. The maximum Gasteiger partial charge on any atom is 0.324 e. The number of pyridine rings is 1. The summed E-state index contributed by atoms with van der Waals surface area (Å²) in [7, 11) is 0. The second kappa shape index (κ2) is 9.04. The largest absolute Gasteiger partial charge is 0.485 e. The molecule has 0 spiro atoms. The van der Waals surface area contributed by atoms with E-state index in [-0.39, 0.29) is 0 Å². The van der Waals surface area contributed by atoms with E-state index in [1.807, 2.05) is 30.3 Å². The Kier molecular flexibility index (Phi) is 6.04. The van der Waals surface area contributed by atoms with E-state index in [0.717, 1.165) is 5.56 Å². The van der Waals surface area contributed by atoms with Crippen LogP contribution in [0.3, 0.4) is 0 Å². The summed E-state index contributed by atoms with van der Waals surface area (Å²) in [6.07, 6.45) is 1.56. The van der Waals surface area contributed by atoms with E-state index >= 15 is 0 Å². The summed E-state index contributed by atoms with van der Waals surface area (Å²) >= 11 is 0. The molecular formula is C20H19N5O3. The molecule has 0 bridgehead atoms. The number of nitrogens with one attached hydrogen (secondary N) is 3. The number of carbonyl (C=O) groups excluding carboxylic acids is 2. The highest BCUT2D eigenvalue weighted by Gasteiger charge is 2.10. The lowest BCUT2D eigenvalue weighted by atomic mass is 10.2. The van der Waals surface area contributed by atoms with Gasteiger partial charge < -0.3 is 21.1 Å². The number of ether oxygens (including phenoxy) is 1. The quantitative estimate of drug-likeness (QED) is 0.522. The third-order valence-electron chi connectivity index (χ3n) is 3.65. The molecule has 1 heterocycles. The fraction of sp³-hybridized carbons (Fsp3) is 0.0500. The lowest BCUT2D eigenvalue weighted by molar-refractivity contribution is 0.259. The molecule has 0 saturated carbocycles. The van der Waals surface area contributed by atoms with Crippen LogP contribution in [0.2, 0.25) is 0 Å². The minimum Gasteiger partial charge on any atom is -0.485 e. The lowest BCUT2D eigenvalue weighted by Crippen LogP contribution is -2.21. The molecule has 0 atom stereocenters. The number of anilines is 3. The van der Waals surface area contributed by atoms with Gasteiger partial charge in [0.05, 0.1) is 0 Å². The topological polar surface area (TPSA) is 118 Å². The second-order valence-corrected chi connectivity index (χ2v) is 5.77. The van der Waals surface area contributed by atoms with Crippen molar-refractivity contribution in [2.45, 2.75) is 6.61 Å². The van der Waals surface area contributed by atoms with Crippen molar-refractivity contribution in [3.05, 3.63) is 78.5 Å². The number of nitrogens with two attached hydrogens (primary N) is 1. The molecule has 0 saturated heterocycles. The van der Waals surface area contributed by atoms with Crippen LogP contribution in [0.5, 0.6) is 5.75 Å². The zero-order chi connectivity index (χ0) is 19.8. The Hall–Kier alpha value is -4.07. The van der Waals surface area contributed by atoms with Gasteiger partial charge in [-0.25, -0.2) is 14.6 Å². The van der Waals surface area contributed by atoms with Gasteiger partial charge in [-0.1, -0.05) is 30.3 Å². The van der Waals surface area contributed by atoms with Crippen LogP contribution in [-0.2, 0) is 6.61 Å². The number of rotatable bonds is 6. The van der Waals surface area contributed by atoms with Crippen LogP contribution < -0.4 is 26.4 Å². The Morgan fingerprint density at radius 2 is 1.54 bits per heavy atom. The second-order valence-electron chi connectivity index (χ2n) is 5.77. The minimum absolute atomic E-state index is 0.308. The predicted molar refractivity (Wildman–Crippen MR) is 107 cm³/mol. The third-order valence-corrected chi connectivity index (χ3v) is 3.65. The van der Waals surface area contributed by atoms with Gasteiger partial charge in [-0.15, -0.1) is 0 Å². The molecule has 28 heavy (non-hydrogen) atoms. The summed E-state index contributed by atoms with van der Waals surface area (Å²) in [6, 6.07) is 18.5. The fourth-order valence-corrected chi connectivity index (χ4v) is 2.39. The predicted octanol–water partition coefficient (Wildman–Crippen LogP) is 3.80. The maximum absolute atomic E-state index is 12.3. The van der Waals surface area contributed by atoms with Crippen molar-refractivity contribution in [1.82, 2.24) is 4.98 Å². The van der Waals surface area contributed by atoms with Gasteiger partial charge in [-0.2, -0.15) is 0 Å². The first-order valence-electron chi connectivity index (χ1n) is 8.46. The normalized spacial score (nSPS) is 10.0. The third kappa shape index (κ3) is 5.46. The van der Waals surface area contributed by atoms with E-state index in [0.29, 0.717) is 29.5 Å². The molecule has 2 aromatic carbocycles. The molecule has 0 aliphatic rings. The monoisotopic (exact) mass is 377 g/mol. The SMILES string of the molecule is NC(=O)Nc1ccc(NC(=O)Nc2ncccc2OCc2ccccc2)cc1. The summed E-state index contributed by atoms with van der Waals surface area (Å²) < 4.78 is 5.77. The molecule has 0 radical (unpaired) electrons. The molecule has 3 aromatic rings. The first-order valence-corrected chi connectivity index (χ1v) is 8.46. The highest BCUT2D eigenvalue weighted by molar-refractivity contribution is 6.00. The highest BCUT2D eigenvalue weighted by Crippen LogP contribution is 2.22. The van der Waals surface area contributed by atoms with Crippen LogP contribution in [0.25, 0.3) is 0 Å². The van der Waals surface area contributed by atoms with Crippen LogP contribution in [0.4, 0.5) is 26.8 Å². The van der Waals surface area contributed by atoms with Crippen LogP contribution in [0.15, 0.2) is 72.9 Å². The molecule has 0 aliphatic carbocycles. The van der Waals surface area contributed by atoms with Gasteiger partial charge in [-0.05, 0) is 42.0 Å². The number of urea groups is 2. The summed E-state index contributed by atoms with van der Waals surface area (Å²) in [5.74, 6) is 0.769. The van der Waals surface area contributed by atoms with E-state index in [1.54, 1.807) is 42.6 Å². The molecule has 0 aliphatic heterocycles. The van der Waals surface area contributed by atoms with Crippen LogP contribution in [0, 0.1) is 0 Å². The van der Waals surface area contributed by atoms with E-state index in [9.17, 15) is 9.59 Å². The summed E-state index contributed by atoms with van der Waals surface area (Å²) in [5, 5.41) is 7.79. The first kappa shape index (κ1) is 18.7. The van der Waals surface area contributed by atoms with E-state index < -0.39 is 12.1 Å². The van der Waals surface area contributed by atoms with Crippen molar-refractivity contribution in [2.24, 2.45) is 5.73 Å². The molecule has 0 unspecified atom stereocenters. The fourth-order valence-electron chi connectivity index (χ4n) is 2.39. The Morgan fingerprint density at radius 1 is 0.857 bits per heavy atom. The van der Waals surface area contributed by atoms with Crippen molar-refractivity contribution in [3.63, 3.8) is 0 Å². The van der Waals surface area contributed by atoms with E-state index in [4.69, 9.17) is 10.5 Å². The molecule has 8 heteroatoms. The molecule has 0 fully saturated rings. The molecule has 5 N–H and O–H groups in total. The van der Waals surface area contributed by atoms with Gasteiger partial charge in [0.1, 0.15) is 6.61 Å². The standard InChI is InChI=1S/C20H19N5O3/c21-19(26)23-15-8-10-16(11-9-15)24-20(27)25-18-17(7-4-12-22-18)28-13-14-5-2-1-3-6-14/h1-12H,13H2,(H3,21,23,26)(H2,22,24,25,27). The first-order chi connectivity index (χ1) is 13.6. The molecule has 1 aromatic heterocycles. The van der Waals surface area contributed by atoms with Crippen LogP contribution >= 0.6 is 0 Å². The smallest absolute Gasteiger partial charge is 0.324 e. The van der Waals surface area contributed by atoms with Gasteiger partial charge >= 0.3 is 12.1 Å². The number of carbonyl (C=O) groups is 2. The number of primary amides is 1. The number of nitrogens with zero attached hydrogens (tertiary/aromatic N) is 1. The summed E-state index contributed by atoms with van der Waals surface area (Å²) in [4.78, 5) is 27.2. The summed E-state index contributed by atoms with van der Waals surface area (Å²) in [5.41, 5.74) is 7.13. The highest BCUT2D eigenvalue weighted by atomic mass is 16.5. The molecule has 8 nitrogen and oxygen atoms in total. The molecular weight excluding hydrogens is 358 g/mol. The maximum atomic E-state index is 12.3. The van der Waals surface area contributed by atoms with Gasteiger partial charge in [0.2, 0.25) is 0 Å². The number of benzene rings is 2. The Balaban J connectivity index is 1.60. The van der Waals surface area contributed by atoms with Crippen molar-refractivity contribution in [2.75, 3.05) is 16.0 Å². The number of amides is 4. The number of hydrogen-bond acceptors (Lipinski definition) is 4.